The molecule has 3 aromatic rings. The van der Waals surface area contributed by atoms with E-state index < -0.39 is 5.91 Å². The van der Waals surface area contributed by atoms with E-state index in [1.54, 1.807) is 31.4 Å². The Morgan fingerprint density at radius 3 is 2.32 bits per heavy atom. The quantitative estimate of drug-likeness (QED) is 0.454. The lowest BCUT2D eigenvalue weighted by atomic mass is 10.0. The Bertz CT molecular complexity index is 1260. The van der Waals surface area contributed by atoms with E-state index in [0.29, 0.717) is 40.6 Å². The molecule has 0 atom stereocenters. The Kier molecular flexibility index (Phi) is 6.68. The summed E-state index contributed by atoms with van der Waals surface area (Å²) in [6.07, 6.45) is 0.891. The molecule has 0 radical (unpaired) electrons. The highest BCUT2D eigenvalue weighted by Gasteiger charge is 2.40. The molecule has 6 nitrogen and oxygen atoms in total. The maximum absolute atomic E-state index is 13.7. The van der Waals surface area contributed by atoms with Crippen molar-refractivity contribution in [3.63, 3.8) is 0 Å². The SMILES string of the molecule is CCCOc1cccc(NC2=C(c3ccc(OC)cc3)C(=O)N(c3ccc(C)cc3C)C2=O)c1. The summed E-state index contributed by atoms with van der Waals surface area (Å²) in [5, 5.41) is 3.20. The third kappa shape index (κ3) is 4.53. The Labute approximate surface area is 199 Å². The van der Waals surface area contributed by atoms with Gasteiger partial charge in [-0.2, -0.15) is 0 Å². The largest absolute Gasteiger partial charge is 0.497 e. The van der Waals surface area contributed by atoms with Crippen molar-refractivity contribution < 1.29 is 19.1 Å². The minimum atomic E-state index is -0.400. The van der Waals surface area contributed by atoms with Gasteiger partial charge in [-0.15, -0.1) is 0 Å². The highest BCUT2D eigenvalue weighted by atomic mass is 16.5. The van der Waals surface area contributed by atoms with Gasteiger partial charge in [0.15, 0.2) is 0 Å². The van der Waals surface area contributed by atoms with Gasteiger partial charge in [-0.05, 0) is 61.7 Å². The number of benzene rings is 3. The number of imide groups is 1. The Morgan fingerprint density at radius 2 is 1.65 bits per heavy atom. The van der Waals surface area contributed by atoms with Crippen LogP contribution in [-0.4, -0.2) is 25.5 Å². The van der Waals surface area contributed by atoms with Crippen molar-refractivity contribution in [2.45, 2.75) is 27.2 Å². The van der Waals surface area contributed by atoms with Crippen molar-refractivity contribution in [2.75, 3.05) is 23.9 Å². The zero-order valence-electron chi connectivity index (χ0n) is 19.8. The summed E-state index contributed by atoms with van der Waals surface area (Å²) < 4.78 is 11.0. The lowest BCUT2D eigenvalue weighted by molar-refractivity contribution is -0.120. The number of carbonyl (C=O) groups excluding carboxylic acids is 2. The summed E-state index contributed by atoms with van der Waals surface area (Å²) in [4.78, 5) is 28.6. The fourth-order valence-corrected chi connectivity index (χ4v) is 3.97. The second-order valence-corrected chi connectivity index (χ2v) is 8.22. The van der Waals surface area contributed by atoms with E-state index >= 15 is 0 Å². The molecule has 0 unspecified atom stereocenters. The van der Waals surface area contributed by atoms with E-state index in [1.807, 2.05) is 63.2 Å². The highest BCUT2D eigenvalue weighted by Crippen LogP contribution is 2.36. The zero-order valence-corrected chi connectivity index (χ0v) is 19.8. The zero-order chi connectivity index (χ0) is 24.2. The Morgan fingerprint density at radius 1 is 0.882 bits per heavy atom. The normalized spacial score (nSPS) is 13.5. The van der Waals surface area contributed by atoms with E-state index in [4.69, 9.17) is 9.47 Å². The van der Waals surface area contributed by atoms with Crippen molar-refractivity contribution >= 4 is 28.8 Å². The monoisotopic (exact) mass is 456 g/mol. The molecule has 0 aromatic heterocycles. The molecular weight excluding hydrogens is 428 g/mol. The van der Waals surface area contributed by atoms with Gasteiger partial charge in [0.1, 0.15) is 17.2 Å². The maximum atomic E-state index is 13.7. The van der Waals surface area contributed by atoms with Crippen LogP contribution < -0.4 is 19.7 Å². The van der Waals surface area contributed by atoms with Gasteiger partial charge in [-0.3, -0.25) is 9.59 Å². The molecule has 0 bridgehead atoms. The van der Waals surface area contributed by atoms with Crippen LogP contribution in [0, 0.1) is 13.8 Å². The van der Waals surface area contributed by atoms with Gasteiger partial charge < -0.3 is 14.8 Å². The standard InChI is InChI=1S/C28H28N2O4/c1-5-15-34-23-8-6-7-21(17-23)29-26-25(20-10-12-22(33-4)13-11-20)27(31)30(28(26)32)24-14-9-18(2)16-19(24)3/h6-14,16-17,29H,5,15H2,1-4H3. The number of rotatable bonds is 8. The fourth-order valence-electron chi connectivity index (χ4n) is 3.97. The van der Waals surface area contributed by atoms with E-state index in [-0.39, 0.29) is 11.6 Å². The van der Waals surface area contributed by atoms with E-state index in [2.05, 4.69) is 5.32 Å². The summed E-state index contributed by atoms with van der Waals surface area (Å²) in [6.45, 7) is 6.52. The van der Waals surface area contributed by atoms with Crippen molar-refractivity contribution in [3.05, 3.63) is 89.1 Å². The fraction of sp³-hybridized carbons (Fsp3) is 0.214. The van der Waals surface area contributed by atoms with Crippen LogP contribution in [0.3, 0.4) is 0 Å². The van der Waals surface area contributed by atoms with Crippen molar-refractivity contribution in [1.82, 2.24) is 0 Å². The number of ether oxygens (including phenoxy) is 2. The molecule has 0 aliphatic carbocycles. The number of amides is 2. The predicted molar refractivity (Wildman–Crippen MR) is 134 cm³/mol. The number of anilines is 2. The summed E-state index contributed by atoms with van der Waals surface area (Å²) in [5.41, 5.74) is 4.32. The van der Waals surface area contributed by atoms with Gasteiger partial charge in [-0.1, -0.05) is 42.8 Å². The average Bonchev–Trinajstić information content (AvgIpc) is 3.07. The van der Waals surface area contributed by atoms with E-state index in [9.17, 15) is 9.59 Å². The topological polar surface area (TPSA) is 67.9 Å². The number of carbonyl (C=O) groups is 2. The van der Waals surface area contributed by atoms with Gasteiger partial charge in [0.2, 0.25) is 0 Å². The molecule has 34 heavy (non-hydrogen) atoms. The second-order valence-electron chi connectivity index (χ2n) is 8.22. The lowest BCUT2D eigenvalue weighted by Crippen LogP contribution is -2.33. The van der Waals surface area contributed by atoms with Crippen molar-refractivity contribution in [1.29, 1.82) is 0 Å². The molecule has 1 N–H and O–H groups in total. The molecule has 3 aromatic carbocycles. The van der Waals surface area contributed by atoms with Crippen LogP contribution in [0.25, 0.3) is 5.57 Å². The van der Waals surface area contributed by atoms with Gasteiger partial charge in [0.05, 0.1) is 25.0 Å². The number of hydrogen-bond acceptors (Lipinski definition) is 5. The molecule has 0 spiro atoms. The Balaban J connectivity index is 1.78. The number of nitrogens with one attached hydrogen (secondary N) is 1. The highest BCUT2D eigenvalue weighted by molar-refractivity contribution is 6.46. The molecule has 4 rings (SSSR count). The van der Waals surface area contributed by atoms with Crippen LogP contribution in [0.5, 0.6) is 11.5 Å². The first-order valence-corrected chi connectivity index (χ1v) is 11.3. The molecule has 2 amide bonds. The minimum absolute atomic E-state index is 0.225. The molecular formula is C28H28N2O4. The van der Waals surface area contributed by atoms with Crippen LogP contribution >= 0.6 is 0 Å². The van der Waals surface area contributed by atoms with Gasteiger partial charge in [0.25, 0.3) is 11.8 Å². The summed E-state index contributed by atoms with van der Waals surface area (Å²) in [5.74, 6) is 0.592. The third-order valence-corrected chi connectivity index (χ3v) is 5.63. The first-order chi connectivity index (χ1) is 16.4. The second kappa shape index (κ2) is 9.83. The molecule has 0 saturated carbocycles. The van der Waals surface area contributed by atoms with Crippen LogP contribution in [0.2, 0.25) is 0 Å². The maximum Gasteiger partial charge on any atom is 0.282 e. The molecule has 174 valence electrons. The average molecular weight is 457 g/mol. The minimum Gasteiger partial charge on any atom is -0.497 e. The Hall–Kier alpha value is -4.06. The molecule has 6 heteroatoms. The van der Waals surface area contributed by atoms with Crippen LogP contribution in [0.4, 0.5) is 11.4 Å². The van der Waals surface area contributed by atoms with Crippen molar-refractivity contribution in [2.24, 2.45) is 0 Å². The number of methoxy groups -OCH3 is 1. The number of nitrogens with zero attached hydrogens (tertiary/aromatic N) is 1. The summed E-state index contributed by atoms with van der Waals surface area (Å²) in [7, 11) is 1.58. The predicted octanol–water partition coefficient (Wildman–Crippen LogP) is 5.50. The smallest absolute Gasteiger partial charge is 0.282 e. The molecule has 0 saturated heterocycles. The van der Waals surface area contributed by atoms with Crippen LogP contribution in [0.1, 0.15) is 30.0 Å². The van der Waals surface area contributed by atoms with E-state index in [0.717, 1.165) is 17.5 Å². The van der Waals surface area contributed by atoms with Crippen molar-refractivity contribution in [3.8, 4) is 11.5 Å². The number of aryl methyl sites for hydroxylation is 2. The van der Waals surface area contributed by atoms with E-state index in [1.165, 1.54) is 4.90 Å². The first kappa shape index (κ1) is 23.1. The van der Waals surface area contributed by atoms with Gasteiger partial charge in [0, 0.05) is 11.8 Å². The molecule has 0 fully saturated rings. The van der Waals surface area contributed by atoms with Crippen LogP contribution in [0.15, 0.2) is 72.4 Å². The molecule has 1 aliphatic rings. The van der Waals surface area contributed by atoms with Gasteiger partial charge >= 0.3 is 0 Å². The van der Waals surface area contributed by atoms with Crippen LogP contribution in [-0.2, 0) is 9.59 Å². The summed E-state index contributed by atoms with van der Waals surface area (Å²) >= 11 is 0. The lowest BCUT2D eigenvalue weighted by Gasteiger charge is -2.18. The summed E-state index contributed by atoms with van der Waals surface area (Å²) in [6, 6.07) is 20.2. The van der Waals surface area contributed by atoms with Gasteiger partial charge in [-0.25, -0.2) is 4.90 Å². The molecule has 1 aliphatic heterocycles. The first-order valence-electron chi connectivity index (χ1n) is 11.3. The third-order valence-electron chi connectivity index (χ3n) is 5.63. The number of hydrogen-bond donors (Lipinski definition) is 1. The molecule has 1 heterocycles.